The number of thioether (sulfide) groups is 2. The van der Waals surface area contributed by atoms with Crippen molar-refractivity contribution in [3.63, 3.8) is 0 Å². The Bertz CT molecular complexity index is 4190. The van der Waals surface area contributed by atoms with E-state index >= 15 is 4.79 Å². The van der Waals surface area contributed by atoms with E-state index < -0.39 is 172 Å². The number of benzene rings is 3. The lowest BCUT2D eigenvalue weighted by Gasteiger charge is -2.36. The van der Waals surface area contributed by atoms with Gasteiger partial charge in [-0.05, 0) is 123 Å². The molecule has 13 amide bonds. The van der Waals surface area contributed by atoms with E-state index in [9.17, 15) is 78.0 Å². The van der Waals surface area contributed by atoms with E-state index in [4.69, 9.17) is 10.5 Å². The number of nitrogens with zero attached hydrogens (tertiary/aromatic N) is 2. The van der Waals surface area contributed by atoms with Crippen molar-refractivity contribution in [3.8, 4) is 11.5 Å². The Hall–Kier alpha value is -10.4. The van der Waals surface area contributed by atoms with Crippen molar-refractivity contribution in [3.05, 3.63) is 125 Å². The first-order valence-electron chi connectivity index (χ1n) is 36.2. The molecule has 18 N–H and O–H groups in total. The highest BCUT2D eigenvalue weighted by Crippen LogP contribution is 2.27. The number of aliphatic hydroxyl groups excluding tert-OH is 2. The van der Waals surface area contributed by atoms with Gasteiger partial charge in [-0.25, -0.2) is 4.98 Å². The molecule has 7 rings (SSSR count). The fourth-order valence-electron chi connectivity index (χ4n) is 12.3. The summed E-state index contributed by atoms with van der Waals surface area (Å²) in [4.78, 5) is 195. The highest BCUT2D eigenvalue weighted by atomic mass is 32.2. The Kier molecular flexibility index (Phi) is 30.9. The lowest BCUT2D eigenvalue weighted by Crippen LogP contribution is -2.67. The number of ether oxygens (including phenoxy) is 1. The molecule has 4 heterocycles. The molecule has 3 aromatic carbocycles. The number of carbonyl (C=O) groups excluding carboxylic acids is 13. The molecule has 13 atom stereocenters. The number of hydrogen-bond acceptors (Lipinski definition) is 21. The van der Waals surface area contributed by atoms with Crippen LogP contribution >= 0.6 is 23.5 Å². The molecule has 0 aliphatic carbocycles. The third-order valence-electron chi connectivity index (χ3n) is 19.2. The van der Waals surface area contributed by atoms with Crippen molar-refractivity contribution in [2.45, 2.75) is 204 Å². The molecule has 0 unspecified atom stereocenters. The number of aliphatic hydroxyl groups is 2. The fourth-order valence-corrected chi connectivity index (χ4v) is 14.3. The van der Waals surface area contributed by atoms with E-state index in [0.29, 0.717) is 33.5 Å². The van der Waals surface area contributed by atoms with Gasteiger partial charge in [-0.1, -0.05) is 83.1 Å². The molecule has 33 nitrogen and oxygen atoms in total. The zero-order valence-electron chi connectivity index (χ0n) is 64.1. The largest absolute Gasteiger partial charge is 0.508 e. The lowest BCUT2D eigenvalue weighted by atomic mass is 9.85. The summed E-state index contributed by atoms with van der Waals surface area (Å²) in [6, 6.07) is 6.95. The number of aromatic nitrogens is 2. The van der Waals surface area contributed by atoms with Crippen LogP contribution < -0.4 is 64.2 Å². The number of phenolic OH excluding ortho intramolecular Hbond substituents is 2. The molecule has 2 aromatic heterocycles. The number of pyridine rings is 1. The van der Waals surface area contributed by atoms with Crippen LogP contribution in [0.5, 0.6) is 11.5 Å². The number of rotatable bonds is 12. The minimum atomic E-state index is -2.11. The first kappa shape index (κ1) is 87.9. The number of aromatic hydroxyl groups is 2. The van der Waals surface area contributed by atoms with Crippen molar-refractivity contribution in [2.24, 2.45) is 17.1 Å². The van der Waals surface area contributed by atoms with Crippen molar-refractivity contribution in [1.82, 2.24) is 73.4 Å². The number of amides is 13. The summed E-state index contributed by atoms with van der Waals surface area (Å²) < 4.78 is 5.22. The van der Waals surface area contributed by atoms with Gasteiger partial charge in [0.1, 0.15) is 82.6 Å². The number of nitrogens with one attached hydrogen (secondary N) is 12. The van der Waals surface area contributed by atoms with Crippen LogP contribution in [0.25, 0.3) is 11.0 Å². The number of fused-ring (bicyclic) bond motifs is 4. The van der Waals surface area contributed by atoms with E-state index in [2.05, 4.69) is 68.5 Å². The third-order valence-corrected chi connectivity index (χ3v) is 21.4. The summed E-state index contributed by atoms with van der Waals surface area (Å²) in [6.07, 6.45) is -1.19. The maximum absolute atomic E-state index is 15.2. The standard InChI is InChI=1S/C76H103N15O18S2/c1-39(2)76(11)73(108)87-57(41(4)92)67(102)85-54(60(77)96)37-110-35-45-16-13-17-46(30-45)36-111-38-55(81-42(5)93)63(98)88-59(74(6,7)8)69(104)84-53(32-44-22-26-49(95)27-23-44)70(105)91-29-15-19-56(91)66(101)86-58(71(106)109-12)68(103)83-52(33-47-34-79-61-50(47)18-14-28-78-61)64(99)89-75(9,10)72(107)80-40(3)62(97)82-51(65(100)90-76)31-43-20-24-48(94)25-21-43/h13-14,16-18,20-28,30,34,39-41,51-59,71,92,94-95,106H,15,19,29,31-33,35-38H2,1-12H3,(H2,77,96)(H,78,79)(H,80,107)(H,81,93)(H,82,97)(H,83,103)(H,84,104)(H,85,102)(H,86,101)(H,87,108)(H,88,98)(H,89,99)(H,90,100)/t40-,41+,51-,52-,53-,54+,55-,56-,57-,58+,59+,71-,76-/m0/s1. The Morgan fingerprint density at radius 3 is 1.80 bits per heavy atom. The summed E-state index contributed by atoms with van der Waals surface area (Å²) in [5.41, 5.74) is 4.17. The van der Waals surface area contributed by atoms with E-state index in [1.807, 2.05) is 18.2 Å². The van der Waals surface area contributed by atoms with Gasteiger partial charge in [-0.2, -0.15) is 23.5 Å². The van der Waals surface area contributed by atoms with E-state index in [1.165, 1.54) is 131 Å². The number of hydrogen-bond donors (Lipinski definition) is 17. The molecule has 35 heteroatoms. The lowest BCUT2D eigenvalue weighted by molar-refractivity contribution is -0.150. The number of aromatic amines is 1. The van der Waals surface area contributed by atoms with Gasteiger partial charge >= 0.3 is 0 Å². The SMILES string of the molecule is CO[C@H](O)[C@@H]1NC(=O)[C@@H]2CCCN2C(=O)[C@H](Cc2ccc(O)cc2)NC(=O)[C@H](C(C)(C)C)NC(=O)[C@@H](NC(C)=O)CSCc2cccc(c2)CSC[C@H](C(N)=O)NC(=O)[C@H]([C@@H](C)O)NC(=O)[C@](C)(C(C)C)NC(=O)[C@H](Cc2ccc(O)cc2)NC(=O)[C@H](C)NC(=O)C(C)(C)NC(=O)[C@H](Cc2c[nH]c3ncccc23)NC1=O. The number of methoxy groups -OCH3 is 1. The van der Waals surface area contributed by atoms with Crippen LogP contribution in [-0.4, -0.2) is 221 Å². The van der Waals surface area contributed by atoms with Gasteiger partial charge < -0.3 is 99.3 Å². The van der Waals surface area contributed by atoms with Crippen LogP contribution in [0, 0.1) is 11.3 Å². The molecule has 111 heavy (non-hydrogen) atoms. The summed E-state index contributed by atoms with van der Waals surface area (Å²) in [5.74, 6) is -12.3. The number of primary amides is 1. The Morgan fingerprint density at radius 2 is 1.23 bits per heavy atom. The molecule has 2 aliphatic heterocycles. The topological polar surface area (TPSA) is 502 Å². The average molecular weight is 1580 g/mol. The Labute approximate surface area is 651 Å². The molecule has 5 aromatic rings. The second-order valence-electron chi connectivity index (χ2n) is 29.9. The predicted octanol–water partition coefficient (Wildman–Crippen LogP) is -0.121. The molecule has 602 valence electrons. The summed E-state index contributed by atoms with van der Waals surface area (Å²) in [5, 5.41) is 72.3. The highest BCUT2D eigenvalue weighted by molar-refractivity contribution is 7.98. The number of phenols is 2. The quantitative estimate of drug-likeness (QED) is 0.0724. The Morgan fingerprint density at radius 1 is 0.658 bits per heavy atom. The van der Waals surface area contributed by atoms with Gasteiger partial charge in [0.05, 0.1) is 6.10 Å². The minimum Gasteiger partial charge on any atom is -0.508 e. The number of carbonyl (C=O) groups is 13. The molecule has 1 saturated heterocycles. The van der Waals surface area contributed by atoms with Gasteiger partial charge in [0, 0.05) is 80.6 Å². The van der Waals surface area contributed by atoms with Crippen LogP contribution in [0.4, 0.5) is 0 Å². The first-order chi connectivity index (χ1) is 52.2. The summed E-state index contributed by atoms with van der Waals surface area (Å²) >= 11 is 2.51. The third kappa shape index (κ3) is 24.3. The van der Waals surface area contributed by atoms with Crippen LogP contribution in [0.15, 0.2) is 97.3 Å². The van der Waals surface area contributed by atoms with Crippen LogP contribution in [0.3, 0.4) is 0 Å². The fraction of sp³-hybridized carbons (Fsp3) is 0.500. The molecule has 0 radical (unpaired) electrons. The van der Waals surface area contributed by atoms with Gasteiger partial charge in [0.15, 0.2) is 12.3 Å². The van der Waals surface area contributed by atoms with Crippen molar-refractivity contribution >= 4 is 111 Å². The smallest absolute Gasteiger partial charge is 0.248 e. The summed E-state index contributed by atoms with van der Waals surface area (Å²) in [7, 11) is 1.04. The minimum absolute atomic E-state index is 0.00523. The van der Waals surface area contributed by atoms with Crippen molar-refractivity contribution < 1.29 is 87.5 Å². The van der Waals surface area contributed by atoms with Gasteiger partial charge in [0.25, 0.3) is 0 Å². The van der Waals surface area contributed by atoms with Gasteiger partial charge in [0.2, 0.25) is 76.8 Å². The average Bonchev–Trinajstić information content (AvgIpc) is 0.891. The predicted molar refractivity (Wildman–Crippen MR) is 413 cm³/mol. The monoisotopic (exact) mass is 1580 g/mol. The summed E-state index contributed by atoms with van der Waals surface area (Å²) in [6.45, 7) is 15.8. The van der Waals surface area contributed by atoms with Gasteiger partial charge in [-0.15, -0.1) is 0 Å². The molecular formula is C76H103N15O18S2. The maximum Gasteiger partial charge on any atom is 0.248 e. The molecular weight excluding hydrogens is 1480 g/mol. The van der Waals surface area contributed by atoms with E-state index in [0.717, 1.165) is 18.2 Å². The number of nitrogens with two attached hydrogens (primary N) is 1. The highest BCUT2D eigenvalue weighted by Gasteiger charge is 2.46. The first-order valence-corrected chi connectivity index (χ1v) is 38.5. The van der Waals surface area contributed by atoms with Crippen LogP contribution in [-0.2, 0) is 97.8 Å². The molecule has 0 spiro atoms. The van der Waals surface area contributed by atoms with Crippen LogP contribution in [0.2, 0.25) is 0 Å². The molecule has 0 saturated carbocycles. The second-order valence-corrected chi connectivity index (χ2v) is 31.9. The molecule has 1 fully saturated rings. The zero-order valence-corrected chi connectivity index (χ0v) is 65.7. The van der Waals surface area contributed by atoms with Gasteiger partial charge in [-0.3, -0.25) is 62.3 Å². The normalized spacial score (nSPS) is 25.5. The maximum atomic E-state index is 15.2. The van der Waals surface area contributed by atoms with Crippen molar-refractivity contribution in [2.75, 3.05) is 25.2 Å². The molecule has 2 aliphatic rings. The second kappa shape index (κ2) is 39.0. The van der Waals surface area contributed by atoms with E-state index in [1.54, 1.807) is 52.8 Å². The van der Waals surface area contributed by atoms with Crippen LogP contribution in [0.1, 0.15) is 117 Å². The molecule has 2 bridgehead atoms. The van der Waals surface area contributed by atoms with E-state index in [-0.39, 0.29) is 67.4 Å². The van der Waals surface area contributed by atoms with Crippen molar-refractivity contribution in [1.29, 1.82) is 0 Å². The zero-order chi connectivity index (χ0) is 82.0. The Balaban J connectivity index is 1.24. The number of H-pyrrole nitrogens is 1.